The van der Waals surface area contributed by atoms with Gasteiger partial charge in [-0.3, -0.25) is 0 Å². The molecule has 1 aliphatic rings. The summed E-state index contributed by atoms with van der Waals surface area (Å²) in [4.78, 5) is 13.4. The Hall–Kier alpha value is -1.60. The fourth-order valence-corrected chi connectivity index (χ4v) is 3.20. The largest absolute Gasteiger partial charge is 0.445 e. The van der Waals surface area contributed by atoms with Gasteiger partial charge in [-0.15, -0.1) is 0 Å². The standard InChI is InChI=1S/C13H18N2O4S/c14-20(17,18)10-12-7-4-8-15(12)13(16)19-9-11-5-2-1-3-6-11/h1-3,5-6,12H,4,7-10H2,(H2,14,17,18). The second kappa shape index (κ2) is 6.23. The van der Waals surface area contributed by atoms with Crippen molar-refractivity contribution in [2.45, 2.75) is 25.5 Å². The average Bonchev–Trinajstić information content (AvgIpc) is 2.83. The van der Waals surface area contributed by atoms with Gasteiger partial charge in [-0.1, -0.05) is 30.3 Å². The number of carbonyl (C=O) groups excluding carboxylic acids is 1. The van der Waals surface area contributed by atoms with Crippen molar-refractivity contribution in [1.82, 2.24) is 4.90 Å². The van der Waals surface area contributed by atoms with Crippen molar-refractivity contribution in [3.63, 3.8) is 0 Å². The summed E-state index contributed by atoms with van der Waals surface area (Å²) in [6, 6.07) is 8.95. The average molecular weight is 298 g/mol. The number of benzene rings is 1. The molecule has 2 N–H and O–H groups in total. The second-order valence-corrected chi connectivity index (χ2v) is 6.52. The number of likely N-dealkylation sites (tertiary alicyclic amines) is 1. The van der Waals surface area contributed by atoms with Crippen LogP contribution in [-0.4, -0.2) is 37.8 Å². The van der Waals surface area contributed by atoms with E-state index in [1.807, 2.05) is 30.3 Å². The molecule has 110 valence electrons. The third-order valence-electron chi connectivity index (χ3n) is 3.24. The third-order valence-corrected chi connectivity index (χ3v) is 4.09. The second-order valence-electron chi connectivity index (χ2n) is 4.86. The van der Waals surface area contributed by atoms with E-state index in [-0.39, 0.29) is 18.4 Å². The summed E-state index contributed by atoms with van der Waals surface area (Å²) in [6.45, 7) is 0.687. The number of carbonyl (C=O) groups is 1. The Kier molecular flexibility index (Phi) is 4.61. The number of amides is 1. The Morgan fingerprint density at radius 2 is 2.05 bits per heavy atom. The molecule has 20 heavy (non-hydrogen) atoms. The van der Waals surface area contributed by atoms with Crippen molar-refractivity contribution in [1.29, 1.82) is 0 Å². The molecule has 1 heterocycles. The highest BCUT2D eigenvalue weighted by Crippen LogP contribution is 2.19. The van der Waals surface area contributed by atoms with E-state index >= 15 is 0 Å². The van der Waals surface area contributed by atoms with Gasteiger partial charge in [-0.2, -0.15) is 0 Å². The molecule has 1 aromatic rings. The molecule has 1 aromatic carbocycles. The van der Waals surface area contributed by atoms with Gasteiger partial charge in [0.25, 0.3) is 0 Å². The van der Waals surface area contributed by atoms with Gasteiger partial charge >= 0.3 is 6.09 Å². The van der Waals surface area contributed by atoms with Crippen molar-refractivity contribution in [3.8, 4) is 0 Å². The minimum absolute atomic E-state index is 0.179. The van der Waals surface area contributed by atoms with Crippen molar-refractivity contribution in [2.75, 3.05) is 12.3 Å². The maximum absolute atomic E-state index is 12.0. The molecule has 0 saturated carbocycles. The summed E-state index contributed by atoms with van der Waals surface area (Å²) in [5.74, 6) is -0.215. The number of nitrogens with zero attached hydrogens (tertiary/aromatic N) is 1. The van der Waals surface area contributed by atoms with Gasteiger partial charge in [0.2, 0.25) is 10.0 Å². The molecule has 1 unspecified atom stereocenters. The van der Waals surface area contributed by atoms with Crippen LogP contribution >= 0.6 is 0 Å². The summed E-state index contributed by atoms with van der Waals surface area (Å²) in [5.41, 5.74) is 0.892. The smallest absolute Gasteiger partial charge is 0.410 e. The van der Waals surface area contributed by atoms with E-state index in [1.165, 1.54) is 4.90 Å². The quantitative estimate of drug-likeness (QED) is 0.900. The van der Waals surface area contributed by atoms with Crippen LogP contribution in [0.4, 0.5) is 4.79 Å². The van der Waals surface area contributed by atoms with Crippen molar-refractivity contribution < 1.29 is 17.9 Å². The zero-order valence-corrected chi connectivity index (χ0v) is 11.9. The molecule has 1 aliphatic heterocycles. The van der Waals surface area contributed by atoms with Gasteiger partial charge in [0.05, 0.1) is 11.8 Å². The Labute approximate surface area is 118 Å². The number of sulfonamides is 1. The van der Waals surface area contributed by atoms with E-state index in [4.69, 9.17) is 9.88 Å². The zero-order chi connectivity index (χ0) is 14.6. The predicted molar refractivity (Wildman–Crippen MR) is 74.3 cm³/mol. The first-order valence-electron chi connectivity index (χ1n) is 6.43. The number of ether oxygens (including phenoxy) is 1. The fourth-order valence-electron chi connectivity index (χ4n) is 2.32. The van der Waals surface area contributed by atoms with Crippen LogP contribution in [0, 0.1) is 0 Å². The molecule has 6 nitrogen and oxygen atoms in total. The highest BCUT2D eigenvalue weighted by molar-refractivity contribution is 7.89. The first-order valence-corrected chi connectivity index (χ1v) is 8.15. The number of hydrogen-bond donors (Lipinski definition) is 1. The Bertz CT molecular complexity index is 559. The van der Waals surface area contributed by atoms with Gasteiger partial charge in [0.15, 0.2) is 0 Å². The molecule has 1 amide bonds. The molecule has 0 aliphatic carbocycles. The van der Waals surface area contributed by atoms with E-state index < -0.39 is 16.1 Å². The normalized spacial score (nSPS) is 19.1. The van der Waals surface area contributed by atoms with Crippen LogP contribution in [0.1, 0.15) is 18.4 Å². The Balaban J connectivity index is 1.91. The molecule has 0 bridgehead atoms. The van der Waals surface area contributed by atoms with Crippen molar-refractivity contribution >= 4 is 16.1 Å². The number of primary sulfonamides is 1. The van der Waals surface area contributed by atoms with E-state index in [0.717, 1.165) is 12.0 Å². The van der Waals surface area contributed by atoms with Crippen molar-refractivity contribution in [2.24, 2.45) is 5.14 Å². The molecule has 7 heteroatoms. The van der Waals surface area contributed by atoms with Gasteiger partial charge in [0.1, 0.15) is 6.61 Å². The first kappa shape index (κ1) is 14.8. The molecular weight excluding hydrogens is 280 g/mol. The van der Waals surface area contributed by atoms with Gasteiger partial charge in [-0.05, 0) is 18.4 Å². The summed E-state index contributed by atoms with van der Waals surface area (Å²) in [6.07, 6.45) is 0.914. The summed E-state index contributed by atoms with van der Waals surface area (Å²) < 4.78 is 27.5. The predicted octanol–water partition coefficient (Wildman–Crippen LogP) is 1.08. The molecule has 0 spiro atoms. The lowest BCUT2D eigenvalue weighted by Gasteiger charge is -2.23. The highest BCUT2D eigenvalue weighted by atomic mass is 32.2. The summed E-state index contributed by atoms with van der Waals surface area (Å²) in [7, 11) is -3.59. The van der Waals surface area contributed by atoms with Crippen LogP contribution < -0.4 is 5.14 Å². The monoisotopic (exact) mass is 298 g/mol. The Morgan fingerprint density at radius 1 is 1.35 bits per heavy atom. The van der Waals surface area contributed by atoms with E-state index in [2.05, 4.69) is 0 Å². The van der Waals surface area contributed by atoms with Crippen LogP contribution in [0.25, 0.3) is 0 Å². The van der Waals surface area contributed by atoms with Gasteiger partial charge in [0, 0.05) is 6.54 Å². The van der Waals surface area contributed by atoms with Crippen LogP contribution in [0.3, 0.4) is 0 Å². The first-order chi connectivity index (χ1) is 9.46. The lowest BCUT2D eigenvalue weighted by atomic mass is 10.2. The zero-order valence-electron chi connectivity index (χ0n) is 11.1. The van der Waals surface area contributed by atoms with Gasteiger partial charge < -0.3 is 9.64 Å². The van der Waals surface area contributed by atoms with E-state index in [9.17, 15) is 13.2 Å². The summed E-state index contributed by atoms with van der Waals surface area (Å²) >= 11 is 0. The highest BCUT2D eigenvalue weighted by Gasteiger charge is 2.32. The van der Waals surface area contributed by atoms with Gasteiger partial charge in [-0.25, -0.2) is 18.4 Å². The lowest BCUT2D eigenvalue weighted by Crippen LogP contribution is -2.41. The van der Waals surface area contributed by atoms with Crippen LogP contribution in [0.15, 0.2) is 30.3 Å². The number of rotatable bonds is 4. The molecule has 0 radical (unpaired) electrons. The minimum atomic E-state index is -3.59. The maximum Gasteiger partial charge on any atom is 0.410 e. The number of hydrogen-bond acceptors (Lipinski definition) is 4. The molecular formula is C13H18N2O4S. The molecule has 2 rings (SSSR count). The molecule has 0 aromatic heterocycles. The minimum Gasteiger partial charge on any atom is -0.445 e. The van der Waals surface area contributed by atoms with E-state index in [1.54, 1.807) is 0 Å². The molecule has 1 fully saturated rings. The topological polar surface area (TPSA) is 89.7 Å². The van der Waals surface area contributed by atoms with Crippen LogP contribution in [0.2, 0.25) is 0 Å². The number of nitrogens with two attached hydrogens (primary N) is 1. The van der Waals surface area contributed by atoms with E-state index in [0.29, 0.717) is 13.0 Å². The van der Waals surface area contributed by atoms with Crippen LogP contribution in [-0.2, 0) is 21.4 Å². The summed E-state index contributed by atoms with van der Waals surface area (Å²) in [5, 5.41) is 5.04. The molecule has 1 atom stereocenters. The van der Waals surface area contributed by atoms with Crippen molar-refractivity contribution in [3.05, 3.63) is 35.9 Å². The Morgan fingerprint density at radius 3 is 2.70 bits per heavy atom. The fraction of sp³-hybridized carbons (Fsp3) is 0.462. The maximum atomic E-state index is 12.0. The SMILES string of the molecule is NS(=O)(=O)CC1CCCN1C(=O)OCc1ccccc1. The lowest BCUT2D eigenvalue weighted by molar-refractivity contribution is 0.0948. The van der Waals surface area contributed by atoms with Crippen LogP contribution in [0.5, 0.6) is 0 Å². The molecule has 1 saturated heterocycles. The third kappa shape index (κ3) is 4.21.